The van der Waals surface area contributed by atoms with Crippen LogP contribution in [-0.4, -0.2) is 9.55 Å². The number of benzene rings is 1. The smallest absolute Gasteiger partial charge is 0.110 e. The van der Waals surface area contributed by atoms with E-state index in [-0.39, 0.29) is 0 Å². The number of nitrogens with zero attached hydrogens (tertiary/aromatic N) is 2. The fourth-order valence-corrected chi connectivity index (χ4v) is 2.41. The van der Waals surface area contributed by atoms with Crippen LogP contribution in [0.3, 0.4) is 0 Å². The summed E-state index contributed by atoms with van der Waals surface area (Å²) in [4.78, 5) is 4.45. The highest BCUT2D eigenvalue weighted by atomic mass is 15.1. The van der Waals surface area contributed by atoms with Crippen LogP contribution >= 0.6 is 0 Å². The van der Waals surface area contributed by atoms with E-state index in [1.807, 2.05) is 13.1 Å². The van der Waals surface area contributed by atoms with Crippen LogP contribution in [0.2, 0.25) is 0 Å². The summed E-state index contributed by atoms with van der Waals surface area (Å²) in [6.45, 7) is 8.89. The summed E-state index contributed by atoms with van der Waals surface area (Å²) in [7, 11) is 0. The molecule has 0 spiro atoms. The van der Waals surface area contributed by atoms with Gasteiger partial charge < -0.3 is 10.3 Å². The number of rotatable bonds is 2. The first-order valence-corrected chi connectivity index (χ1v) is 5.86. The Morgan fingerprint density at radius 1 is 1.12 bits per heavy atom. The van der Waals surface area contributed by atoms with Crippen molar-refractivity contribution >= 4 is 0 Å². The molecule has 0 unspecified atom stereocenters. The zero-order chi connectivity index (χ0) is 12.6. The molecule has 0 aliphatic rings. The second kappa shape index (κ2) is 4.34. The molecule has 1 heterocycles. The molecular formula is C14H19N3. The van der Waals surface area contributed by atoms with Crippen molar-refractivity contribution in [2.24, 2.45) is 5.73 Å². The third kappa shape index (κ3) is 2.11. The van der Waals surface area contributed by atoms with Gasteiger partial charge in [0.15, 0.2) is 0 Å². The van der Waals surface area contributed by atoms with Gasteiger partial charge in [0.25, 0.3) is 0 Å². The highest BCUT2D eigenvalue weighted by Gasteiger charge is 2.10. The van der Waals surface area contributed by atoms with E-state index in [1.165, 1.54) is 22.4 Å². The summed E-state index contributed by atoms with van der Waals surface area (Å²) < 4.78 is 2.13. The van der Waals surface area contributed by atoms with Crippen LogP contribution in [0.1, 0.15) is 28.2 Å². The van der Waals surface area contributed by atoms with Crippen LogP contribution in [0.4, 0.5) is 0 Å². The lowest BCUT2D eigenvalue weighted by atomic mass is 10.0. The second-order valence-electron chi connectivity index (χ2n) is 4.60. The molecule has 0 radical (unpaired) electrons. The number of hydrogen-bond donors (Lipinski definition) is 1. The molecule has 3 nitrogen and oxygen atoms in total. The molecule has 2 aromatic rings. The van der Waals surface area contributed by atoms with Gasteiger partial charge in [-0.3, -0.25) is 0 Å². The predicted octanol–water partition coefficient (Wildman–Crippen LogP) is 2.56. The summed E-state index contributed by atoms with van der Waals surface area (Å²) >= 11 is 0. The van der Waals surface area contributed by atoms with Gasteiger partial charge in [0.2, 0.25) is 0 Å². The third-order valence-corrected chi connectivity index (χ3v) is 3.02. The van der Waals surface area contributed by atoms with Gasteiger partial charge in [0, 0.05) is 12.7 Å². The van der Waals surface area contributed by atoms with Crippen molar-refractivity contribution in [3.05, 3.63) is 46.5 Å². The number of hydrogen-bond acceptors (Lipinski definition) is 2. The highest BCUT2D eigenvalue weighted by Crippen LogP contribution is 2.22. The third-order valence-electron chi connectivity index (χ3n) is 3.02. The SMILES string of the molecule is Cc1cc(C)c(-n2cc(CN)nc2C)c(C)c1. The minimum atomic E-state index is 0.484. The molecule has 17 heavy (non-hydrogen) atoms. The number of aryl methyl sites for hydroxylation is 4. The van der Waals surface area contributed by atoms with E-state index >= 15 is 0 Å². The Morgan fingerprint density at radius 2 is 1.71 bits per heavy atom. The van der Waals surface area contributed by atoms with Crippen molar-refractivity contribution in [3.63, 3.8) is 0 Å². The Hall–Kier alpha value is -1.61. The van der Waals surface area contributed by atoms with Crippen LogP contribution in [0.25, 0.3) is 5.69 Å². The Balaban J connectivity index is 2.63. The maximum atomic E-state index is 5.63. The number of aromatic nitrogens is 2. The topological polar surface area (TPSA) is 43.8 Å². The van der Waals surface area contributed by atoms with Crippen LogP contribution in [-0.2, 0) is 6.54 Å². The van der Waals surface area contributed by atoms with Gasteiger partial charge in [-0.25, -0.2) is 4.98 Å². The first-order chi connectivity index (χ1) is 8.02. The van der Waals surface area contributed by atoms with Crippen molar-refractivity contribution in [1.82, 2.24) is 9.55 Å². The Morgan fingerprint density at radius 3 is 2.18 bits per heavy atom. The normalized spacial score (nSPS) is 10.9. The maximum absolute atomic E-state index is 5.63. The van der Waals surface area contributed by atoms with Gasteiger partial charge in [-0.1, -0.05) is 17.7 Å². The van der Waals surface area contributed by atoms with E-state index in [0.717, 1.165) is 11.5 Å². The molecule has 0 saturated heterocycles. The molecule has 0 saturated carbocycles. The molecule has 2 rings (SSSR count). The molecule has 1 aromatic heterocycles. The monoisotopic (exact) mass is 229 g/mol. The van der Waals surface area contributed by atoms with E-state index in [0.29, 0.717) is 6.54 Å². The molecule has 0 aliphatic carbocycles. The fourth-order valence-electron chi connectivity index (χ4n) is 2.41. The molecule has 3 heteroatoms. The average Bonchev–Trinajstić information content (AvgIpc) is 2.59. The lowest BCUT2D eigenvalue weighted by molar-refractivity contribution is 0.950. The van der Waals surface area contributed by atoms with Gasteiger partial charge in [-0.05, 0) is 38.8 Å². The second-order valence-corrected chi connectivity index (χ2v) is 4.60. The summed E-state index contributed by atoms with van der Waals surface area (Å²) in [5, 5.41) is 0. The first-order valence-electron chi connectivity index (χ1n) is 5.86. The van der Waals surface area contributed by atoms with E-state index in [4.69, 9.17) is 5.73 Å². The van der Waals surface area contributed by atoms with E-state index in [1.54, 1.807) is 0 Å². The van der Waals surface area contributed by atoms with E-state index in [9.17, 15) is 0 Å². The predicted molar refractivity (Wildman–Crippen MR) is 70.4 cm³/mol. The summed E-state index contributed by atoms with van der Waals surface area (Å²) in [6.07, 6.45) is 2.03. The highest BCUT2D eigenvalue weighted by molar-refractivity contribution is 5.50. The van der Waals surface area contributed by atoms with Crippen molar-refractivity contribution < 1.29 is 0 Å². The van der Waals surface area contributed by atoms with Crippen molar-refractivity contribution in [2.45, 2.75) is 34.2 Å². The van der Waals surface area contributed by atoms with Crippen LogP contribution in [0.5, 0.6) is 0 Å². The summed E-state index contributed by atoms with van der Waals surface area (Å²) in [6, 6.07) is 4.40. The van der Waals surface area contributed by atoms with Crippen molar-refractivity contribution in [1.29, 1.82) is 0 Å². The number of imidazole rings is 1. The molecule has 0 bridgehead atoms. The Labute approximate surface area is 102 Å². The molecule has 90 valence electrons. The zero-order valence-electron chi connectivity index (χ0n) is 10.9. The molecule has 0 atom stereocenters. The Kier molecular flexibility index (Phi) is 3.03. The van der Waals surface area contributed by atoms with Crippen molar-refractivity contribution in [2.75, 3.05) is 0 Å². The quantitative estimate of drug-likeness (QED) is 0.860. The molecule has 0 amide bonds. The fraction of sp³-hybridized carbons (Fsp3) is 0.357. The van der Waals surface area contributed by atoms with Gasteiger partial charge in [-0.15, -0.1) is 0 Å². The van der Waals surface area contributed by atoms with Gasteiger partial charge in [-0.2, -0.15) is 0 Å². The van der Waals surface area contributed by atoms with Gasteiger partial charge in [0.1, 0.15) is 5.82 Å². The molecule has 2 N–H and O–H groups in total. The van der Waals surface area contributed by atoms with Crippen molar-refractivity contribution in [3.8, 4) is 5.69 Å². The minimum Gasteiger partial charge on any atom is -0.325 e. The summed E-state index contributed by atoms with van der Waals surface area (Å²) in [5.41, 5.74) is 11.6. The molecule has 1 aromatic carbocycles. The van der Waals surface area contributed by atoms with Gasteiger partial charge in [0.05, 0.1) is 11.4 Å². The van der Waals surface area contributed by atoms with Crippen LogP contribution < -0.4 is 5.73 Å². The lowest BCUT2D eigenvalue weighted by Gasteiger charge is -2.13. The van der Waals surface area contributed by atoms with Gasteiger partial charge >= 0.3 is 0 Å². The summed E-state index contributed by atoms with van der Waals surface area (Å²) in [5.74, 6) is 0.987. The maximum Gasteiger partial charge on any atom is 0.110 e. The van der Waals surface area contributed by atoms with E-state index in [2.05, 4.69) is 42.5 Å². The number of nitrogens with two attached hydrogens (primary N) is 1. The zero-order valence-corrected chi connectivity index (χ0v) is 10.9. The Bertz CT molecular complexity index is 530. The average molecular weight is 229 g/mol. The standard InChI is InChI=1S/C14H19N3/c1-9-5-10(2)14(11(3)6-9)17-8-13(7-15)16-12(17)4/h5-6,8H,7,15H2,1-4H3. The lowest BCUT2D eigenvalue weighted by Crippen LogP contribution is -2.01. The first kappa shape index (κ1) is 11.9. The molecule has 0 aliphatic heterocycles. The van der Waals surface area contributed by atoms with Crippen LogP contribution in [0, 0.1) is 27.7 Å². The van der Waals surface area contributed by atoms with Crippen LogP contribution in [0.15, 0.2) is 18.3 Å². The molecular weight excluding hydrogens is 210 g/mol. The minimum absolute atomic E-state index is 0.484. The van der Waals surface area contributed by atoms with E-state index < -0.39 is 0 Å². The largest absolute Gasteiger partial charge is 0.325 e. The molecule has 0 fully saturated rings.